The lowest BCUT2D eigenvalue weighted by molar-refractivity contribution is 0.102. The van der Waals surface area contributed by atoms with Gasteiger partial charge in [0.25, 0.3) is 0 Å². The van der Waals surface area contributed by atoms with Gasteiger partial charge in [0.15, 0.2) is 0 Å². The van der Waals surface area contributed by atoms with Crippen LogP contribution in [-0.2, 0) is 52.6 Å². The number of benzene rings is 2. The zero-order chi connectivity index (χ0) is 40.9. The number of nitrogens with zero attached hydrogens (tertiary/aromatic N) is 3. The summed E-state index contributed by atoms with van der Waals surface area (Å²) < 4.78 is 92.3. The summed E-state index contributed by atoms with van der Waals surface area (Å²) in [5, 5.41) is 9.37. The number of rotatable bonds is 16. The van der Waals surface area contributed by atoms with Crippen molar-refractivity contribution in [3.8, 4) is 11.5 Å². The van der Waals surface area contributed by atoms with E-state index >= 15 is 0 Å². The molecule has 22 heteroatoms. The van der Waals surface area contributed by atoms with Gasteiger partial charge < -0.3 is 18.9 Å². The zero-order valence-electron chi connectivity index (χ0n) is 30.6. The first kappa shape index (κ1) is 47.7. The van der Waals surface area contributed by atoms with Crippen LogP contribution in [0.2, 0.25) is 8.67 Å². The minimum Gasteiger partial charge on any atom is -0.497 e. The fraction of sp³-hybridized carbons (Fsp3) is 0.438. The molecule has 2 heterocycles. The minimum absolute atomic E-state index is 0.0688. The van der Waals surface area contributed by atoms with Crippen molar-refractivity contribution < 1.29 is 44.2 Å². The second kappa shape index (κ2) is 21.7. The van der Waals surface area contributed by atoms with Gasteiger partial charge in [-0.2, -0.15) is 4.31 Å². The Morgan fingerprint density at radius 2 is 1.00 bits per heavy atom. The normalized spacial score (nSPS) is 14.1. The third-order valence-corrected chi connectivity index (χ3v) is 14.4. The summed E-state index contributed by atoms with van der Waals surface area (Å²) in [5.41, 5.74) is 1.84. The Kier molecular flexibility index (Phi) is 19.2. The van der Waals surface area contributed by atoms with E-state index in [-0.39, 0.29) is 5.75 Å². The second-order valence-electron chi connectivity index (χ2n) is 11.3. The topological polar surface area (TPSA) is 220 Å². The number of sulfonamides is 3. The highest BCUT2D eigenvalue weighted by Gasteiger charge is 2.31. The second-order valence-corrected chi connectivity index (χ2v) is 20.8. The maximum absolute atomic E-state index is 12.4. The number of hydrogen-bond donors (Lipinski definition) is 2. The van der Waals surface area contributed by atoms with Crippen LogP contribution < -0.4 is 19.8 Å². The van der Waals surface area contributed by atoms with Crippen LogP contribution in [0.25, 0.3) is 0 Å². The third-order valence-electron chi connectivity index (χ3n) is 7.67. The smallest absolute Gasteiger partial charge is 0.214 e. The quantitative estimate of drug-likeness (QED) is 0.145. The molecule has 4 atom stereocenters. The van der Waals surface area contributed by atoms with Crippen LogP contribution in [0.5, 0.6) is 11.5 Å². The van der Waals surface area contributed by atoms with Crippen molar-refractivity contribution in [2.24, 2.45) is 10.3 Å². The number of hydrogen-bond acceptors (Lipinski definition) is 14. The molecule has 302 valence electrons. The molecule has 4 aromatic rings. The van der Waals surface area contributed by atoms with Crippen LogP contribution in [0.15, 0.2) is 60.9 Å². The number of ether oxygens (including phenoxy) is 4. The maximum Gasteiger partial charge on any atom is 0.214 e. The molecular weight excluding hydrogens is 846 g/mol. The van der Waals surface area contributed by atoms with Gasteiger partial charge in [-0.25, -0.2) is 45.5 Å². The van der Waals surface area contributed by atoms with Gasteiger partial charge in [-0.1, -0.05) is 47.5 Å². The molecule has 0 bridgehead atoms. The Morgan fingerprint density at radius 1 is 0.667 bits per heavy atom. The summed E-state index contributed by atoms with van der Waals surface area (Å²) in [4.78, 5) is 7.93. The van der Waals surface area contributed by atoms with E-state index in [9.17, 15) is 25.3 Å². The fourth-order valence-corrected chi connectivity index (χ4v) is 9.06. The standard InChI is InChI=1S/C18H23NO4S.2C7H11ClN2O3S2/c1-4-24(20,21)19(13-15-5-9-17(22-2)10-6-15)14-16-7-11-18(23-3)12-8-16;2*1-4(15(9,11)12)6(13-2)7-10-3-5(8)14-7/h5-12H,4,13-14H2,1-3H3;2*3-4,6H,1-2H3,(H2,9,11,12)/t;2*4-,6-/m.10/s1. The zero-order valence-corrected chi connectivity index (χ0v) is 36.2. The summed E-state index contributed by atoms with van der Waals surface area (Å²) >= 11 is 13.7. The van der Waals surface area contributed by atoms with E-state index in [1.54, 1.807) is 21.1 Å². The van der Waals surface area contributed by atoms with Crippen LogP contribution in [0.4, 0.5) is 0 Å². The van der Waals surface area contributed by atoms with Crippen LogP contribution in [0, 0.1) is 0 Å². The van der Waals surface area contributed by atoms with E-state index in [1.807, 2.05) is 48.5 Å². The summed E-state index contributed by atoms with van der Waals surface area (Å²) in [7, 11) is -4.61. The molecule has 0 spiro atoms. The molecule has 0 aliphatic carbocycles. The molecule has 4 N–H and O–H groups in total. The Balaban J connectivity index is 0.000000294. The molecule has 0 fully saturated rings. The molecule has 2 aromatic heterocycles. The van der Waals surface area contributed by atoms with Crippen molar-refractivity contribution in [1.29, 1.82) is 0 Å². The first-order chi connectivity index (χ1) is 25.2. The maximum atomic E-state index is 12.4. The molecular formula is C32H45Cl2N5O10S5. The van der Waals surface area contributed by atoms with Crippen molar-refractivity contribution >= 4 is 75.9 Å². The van der Waals surface area contributed by atoms with E-state index in [4.69, 9.17) is 52.4 Å². The highest BCUT2D eigenvalue weighted by molar-refractivity contribution is 7.90. The van der Waals surface area contributed by atoms with Gasteiger partial charge in [0.05, 0.1) is 32.4 Å². The highest BCUT2D eigenvalue weighted by Crippen LogP contribution is 2.31. The van der Waals surface area contributed by atoms with E-state index in [0.717, 1.165) is 22.6 Å². The van der Waals surface area contributed by atoms with E-state index in [2.05, 4.69) is 9.97 Å². The van der Waals surface area contributed by atoms with Gasteiger partial charge in [0.1, 0.15) is 52.9 Å². The van der Waals surface area contributed by atoms with Gasteiger partial charge in [-0.3, -0.25) is 0 Å². The number of nitrogens with two attached hydrogens (primary N) is 2. The molecule has 0 unspecified atom stereocenters. The molecule has 54 heavy (non-hydrogen) atoms. The highest BCUT2D eigenvalue weighted by atomic mass is 35.5. The minimum atomic E-state index is -3.65. The van der Waals surface area contributed by atoms with Gasteiger partial charge in [0, 0.05) is 27.3 Å². The SMILES string of the molecule is CCS(=O)(=O)N(Cc1ccc(OC)cc1)Cc1ccc(OC)cc1.CO[C@@H](c1ncc(Cl)s1)[C@@H](C)S(N)(=O)=O.CO[C@H](c1ncc(Cl)s1)[C@H](C)S(N)(=O)=O. The first-order valence-corrected chi connectivity index (χ1v) is 23.0. The summed E-state index contributed by atoms with van der Waals surface area (Å²) in [6.07, 6.45) is 1.53. The number of aromatic nitrogens is 2. The van der Waals surface area contributed by atoms with E-state index in [0.29, 0.717) is 31.8 Å². The number of methoxy groups -OCH3 is 4. The number of primary sulfonamides is 2. The van der Waals surface area contributed by atoms with Gasteiger partial charge in [-0.15, -0.1) is 22.7 Å². The summed E-state index contributed by atoms with van der Waals surface area (Å²) in [6, 6.07) is 14.9. The Hall–Kier alpha value is -2.47. The monoisotopic (exact) mass is 889 g/mol. The Labute approximate surface area is 335 Å². The Bertz CT molecular complexity index is 1930. The number of halogens is 2. The van der Waals surface area contributed by atoms with Crippen molar-refractivity contribution in [2.75, 3.05) is 34.2 Å². The van der Waals surface area contributed by atoms with Gasteiger partial charge in [-0.05, 0) is 56.2 Å². The van der Waals surface area contributed by atoms with Crippen LogP contribution in [0.3, 0.4) is 0 Å². The van der Waals surface area contributed by atoms with Gasteiger partial charge in [0.2, 0.25) is 30.1 Å². The van der Waals surface area contributed by atoms with Crippen molar-refractivity contribution in [1.82, 2.24) is 14.3 Å². The fourth-order valence-electron chi connectivity index (χ4n) is 4.43. The Morgan fingerprint density at radius 3 is 1.22 bits per heavy atom. The molecule has 0 saturated carbocycles. The van der Waals surface area contributed by atoms with Crippen molar-refractivity contribution in [3.05, 3.63) is 90.7 Å². The molecule has 2 aromatic carbocycles. The van der Waals surface area contributed by atoms with E-state index in [1.165, 1.54) is 67.4 Å². The average Bonchev–Trinajstić information content (AvgIpc) is 3.76. The van der Waals surface area contributed by atoms with Crippen molar-refractivity contribution in [2.45, 2.75) is 56.6 Å². The predicted molar refractivity (Wildman–Crippen MR) is 214 cm³/mol. The molecule has 0 aliphatic rings. The lowest BCUT2D eigenvalue weighted by Crippen LogP contribution is -2.32. The molecule has 4 rings (SSSR count). The third kappa shape index (κ3) is 14.9. The van der Waals surface area contributed by atoms with E-state index < -0.39 is 52.8 Å². The van der Waals surface area contributed by atoms with Gasteiger partial charge >= 0.3 is 0 Å². The van der Waals surface area contributed by atoms with Crippen LogP contribution in [-0.4, -0.2) is 84.2 Å². The molecule has 0 saturated heterocycles. The first-order valence-electron chi connectivity index (χ1n) is 15.8. The summed E-state index contributed by atoms with van der Waals surface area (Å²) in [5.74, 6) is 1.57. The lowest BCUT2D eigenvalue weighted by atomic mass is 10.2. The van der Waals surface area contributed by atoms with Crippen LogP contribution in [0.1, 0.15) is 54.1 Å². The van der Waals surface area contributed by atoms with Crippen molar-refractivity contribution in [3.63, 3.8) is 0 Å². The molecule has 15 nitrogen and oxygen atoms in total. The molecule has 0 aliphatic heterocycles. The number of thiazole rings is 2. The average molecular weight is 891 g/mol. The lowest BCUT2D eigenvalue weighted by Gasteiger charge is -2.22. The largest absolute Gasteiger partial charge is 0.497 e. The predicted octanol–water partition coefficient (Wildman–Crippen LogP) is 5.38. The molecule has 0 amide bonds. The molecule has 0 radical (unpaired) electrons. The van der Waals surface area contributed by atoms with Crippen LogP contribution >= 0.6 is 45.9 Å². The summed E-state index contributed by atoms with van der Waals surface area (Å²) in [6.45, 7) is 5.25.